The third-order valence-corrected chi connectivity index (χ3v) is 4.37. The monoisotopic (exact) mass is 394 g/mol. The Bertz CT molecular complexity index is 1200. The second kappa shape index (κ2) is 5.28. The van der Waals surface area contributed by atoms with Gasteiger partial charge < -0.3 is 5.43 Å². The van der Waals surface area contributed by atoms with E-state index in [1.807, 2.05) is 0 Å². The fourth-order valence-corrected chi connectivity index (χ4v) is 3.29. The van der Waals surface area contributed by atoms with E-state index in [2.05, 4.69) is 0 Å². The van der Waals surface area contributed by atoms with Crippen LogP contribution in [0.3, 0.4) is 0 Å². The molecule has 3 N–H and O–H groups in total. The molecule has 0 amide bonds. The van der Waals surface area contributed by atoms with Crippen molar-refractivity contribution in [3.63, 3.8) is 0 Å². The van der Waals surface area contributed by atoms with Crippen LogP contribution in [0.1, 0.15) is 0 Å². The molecule has 0 saturated carbocycles. The van der Waals surface area contributed by atoms with Crippen LogP contribution in [0.15, 0.2) is 0 Å². The number of nitrogen functional groups attached to an aromatic ring is 1. The van der Waals surface area contributed by atoms with Crippen molar-refractivity contribution in [1.82, 2.24) is 0 Å². The Labute approximate surface area is 143 Å². The van der Waals surface area contributed by atoms with Gasteiger partial charge >= 0.3 is 0 Å². The van der Waals surface area contributed by atoms with E-state index in [0.717, 1.165) is 0 Å². The van der Waals surface area contributed by atoms with Gasteiger partial charge in [0.25, 0.3) is 0 Å². The van der Waals surface area contributed by atoms with Crippen molar-refractivity contribution < 1.29 is 39.5 Å². The molecule has 3 aromatic rings. The molecule has 4 rings (SSSR count). The second-order valence-electron chi connectivity index (χ2n) is 5.60. The van der Waals surface area contributed by atoms with Crippen LogP contribution < -0.4 is 11.3 Å². The van der Waals surface area contributed by atoms with Crippen LogP contribution in [0, 0.1) is 52.4 Å². The lowest BCUT2D eigenvalue weighted by atomic mass is 9.99. The number of hydrogen-bond acceptors (Lipinski definition) is 2. The Morgan fingerprint density at radius 3 is 1.33 bits per heavy atom. The van der Waals surface area contributed by atoms with E-state index in [1.165, 1.54) is 0 Å². The lowest BCUT2D eigenvalue weighted by molar-refractivity contribution is 0.412. The molecule has 11 heteroatoms. The summed E-state index contributed by atoms with van der Waals surface area (Å²) in [4.78, 5) is 0. The number of anilines is 1. The Morgan fingerprint density at radius 1 is 0.407 bits per heavy atom. The highest BCUT2D eigenvalue weighted by Crippen LogP contribution is 2.56. The largest absolute Gasteiger partial charge is 0.321 e. The molecule has 1 aliphatic rings. The molecule has 140 valence electrons. The molecule has 0 aromatic heterocycles. The number of nitrogens with two attached hydrogens (primary N) is 1. The number of hydrogen-bond donors (Lipinski definition) is 2. The quantitative estimate of drug-likeness (QED) is 0.156. The summed E-state index contributed by atoms with van der Waals surface area (Å²) in [6, 6.07) is 0. The molecule has 0 bridgehead atoms. The van der Waals surface area contributed by atoms with E-state index in [1.54, 1.807) is 5.43 Å². The van der Waals surface area contributed by atoms with Gasteiger partial charge in [-0.25, -0.2) is 39.5 Å². The van der Waals surface area contributed by atoms with Crippen molar-refractivity contribution in [3.8, 4) is 22.3 Å². The van der Waals surface area contributed by atoms with E-state index in [9.17, 15) is 39.5 Å². The summed E-state index contributed by atoms with van der Waals surface area (Å²) in [5.41, 5.74) is -4.41. The standard InChI is InChI=1S/C16H3F9N2/c17-7-2-1-5(4-3(2)8(18)13(23)14(24)9(4)19)16(27-26)15(25)11(21)6(1)10(20)12(7)22/h27H,26H2. The van der Waals surface area contributed by atoms with Crippen molar-refractivity contribution in [2.75, 3.05) is 5.43 Å². The number of rotatable bonds is 1. The first kappa shape index (κ1) is 17.5. The molecule has 27 heavy (non-hydrogen) atoms. The summed E-state index contributed by atoms with van der Waals surface area (Å²) >= 11 is 0. The molecule has 0 heterocycles. The van der Waals surface area contributed by atoms with E-state index < -0.39 is 91.1 Å². The fourth-order valence-electron chi connectivity index (χ4n) is 3.29. The maximum absolute atomic E-state index is 14.3. The normalized spacial score (nSPS) is 12.1. The van der Waals surface area contributed by atoms with E-state index in [0.29, 0.717) is 0 Å². The molecule has 0 spiro atoms. The van der Waals surface area contributed by atoms with Crippen molar-refractivity contribution in [2.24, 2.45) is 5.84 Å². The first-order valence-corrected chi connectivity index (χ1v) is 6.99. The third-order valence-electron chi connectivity index (χ3n) is 4.37. The van der Waals surface area contributed by atoms with Gasteiger partial charge in [-0.2, -0.15) is 0 Å². The Hall–Kier alpha value is -2.95. The van der Waals surface area contributed by atoms with E-state index in [4.69, 9.17) is 5.84 Å². The topological polar surface area (TPSA) is 38.0 Å². The summed E-state index contributed by atoms with van der Waals surface area (Å²) in [6.45, 7) is 0. The molecular weight excluding hydrogens is 391 g/mol. The predicted octanol–water partition coefficient (Wildman–Crippen LogP) is 5.02. The third kappa shape index (κ3) is 1.81. The zero-order valence-electron chi connectivity index (χ0n) is 12.5. The first-order chi connectivity index (χ1) is 12.6. The zero-order chi connectivity index (χ0) is 19.9. The van der Waals surface area contributed by atoms with Gasteiger partial charge in [0, 0.05) is 27.6 Å². The van der Waals surface area contributed by atoms with Gasteiger partial charge in [-0.05, 0) is 0 Å². The van der Waals surface area contributed by atoms with Crippen LogP contribution in [0.4, 0.5) is 45.2 Å². The number of benzene rings is 3. The number of hydrazine groups is 1. The summed E-state index contributed by atoms with van der Waals surface area (Å²) in [7, 11) is 0. The Balaban J connectivity index is 2.45. The van der Waals surface area contributed by atoms with Crippen molar-refractivity contribution in [1.29, 1.82) is 0 Å². The molecule has 0 saturated heterocycles. The van der Waals surface area contributed by atoms with E-state index in [-0.39, 0.29) is 0 Å². The SMILES string of the molecule is NNc1c(F)c(F)c2c(F)c(F)c(F)c3c2c1-c1c(F)c(F)c(F)c(F)c1-3. The maximum Gasteiger partial charge on any atom is 0.198 e. The molecule has 0 radical (unpaired) electrons. The molecule has 0 fully saturated rings. The minimum absolute atomic E-state index is 0.982. The van der Waals surface area contributed by atoms with Crippen LogP contribution in [-0.2, 0) is 0 Å². The van der Waals surface area contributed by atoms with Crippen LogP contribution >= 0.6 is 0 Å². The van der Waals surface area contributed by atoms with Crippen LogP contribution in [0.25, 0.3) is 33.0 Å². The van der Waals surface area contributed by atoms with Gasteiger partial charge in [-0.15, -0.1) is 0 Å². The first-order valence-electron chi connectivity index (χ1n) is 6.99. The minimum atomic E-state index is -2.38. The average molecular weight is 394 g/mol. The van der Waals surface area contributed by atoms with Gasteiger partial charge in [0.15, 0.2) is 52.4 Å². The van der Waals surface area contributed by atoms with Crippen molar-refractivity contribution >= 4 is 16.5 Å². The molecule has 2 nitrogen and oxygen atoms in total. The smallest absolute Gasteiger partial charge is 0.198 e. The van der Waals surface area contributed by atoms with Crippen LogP contribution in [0.5, 0.6) is 0 Å². The lowest BCUT2D eigenvalue weighted by Gasteiger charge is -2.13. The van der Waals surface area contributed by atoms with Crippen LogP contribution in [-0.4, -0.2) is 0 Å². The Kier molecular flexibility index (Phi) is 3.42. The van der Waals surface area contributed by atoms with Crippen LogP contribution in [0.2, 0.25) is 0 Å². The highest BCUT2D eigenvalue weighted by Gasteiger charge is 2.41. The molecule has 3 aromatic carbocycles. The van der Waals surface area contributed by atoms with Crippen molar-refractivity contribution in [2.45, 2.75) is 0 Å². The molecule has 0 atom stereocenters. The zero-order valence-corrected chi connectivity index (χ0v) is 12.5. The highest BCUT2D eigenvalue weighted by atomic mass is 19.2. The summed E-state index contributed by atoms with van der Waals surface area (Å²) in [6.07, 6.45) is 0. The van der Waals surface area contributed by atoms with Gasteiger partial charge in [0.2, 0.25) is 0 Å². The lowest BCUT2D eigenvalue weighted by Crippen LogP contribution is -2.12. The fraction of sp³-hybridized carbons (Fsp3) is 0. The average Bonchev–Trinajstić information content (AvgIpc) is 2.99. The number of halogens is 9. The van der Waals surface area contributed by atoms with Gasteiger partial charge in [0.1, 0.15) is 0 Å². The van der Waals surface area contributed by atoms with Gasteiger partial charge in [-0.3, -0.25) is 5.84 Å². The minimum Gasteiger partial charge on any atom is -0.321 e. The summed E-state index contributed by atoms with van der Waals surface area (Å²) in [5.74, 6) is -14.6. The predicted molar refractivity (Wildman–Crippen MR) is 75.8 cm³/mol. The summed E-state index contributed by atoms with van der Waals surface area (Å²) < 4.78 is 127. The summed E-state index contributed by atoms with van der Waals surface area (Å²) in [5, 5.41) is -2.53. The van der Waals surface area contributed by atoms with Gasteiger partial charge in [0.05, 0.1) is 11.1 Å². The molecule has 0 unspecified atom stereocenters. The van der Waals surface area contributed by atoms with Crippen molar-refractivity contribution in [3.05, 3.63) is 52.4 Å². The molecule has 0 aliphatic heterocycles. The van der Waals surface area contributed by atoms with E-state index >= 15 is 0 Å². The molecular formula is C16H3F9N2. The number of nitrogens with one attached hydrogen (secondary N) is 1. The maximum atomic E-state index is 14.3. The Morgan fingerprint density at radius 2 is 0.815 bits per heavy atom. The second-order valence-corrected chi connectivity index (χ2v) is 5.60. The molecule has 1 aliphatic carbocycles. The van der Waals surface area contributed by atoms with Gasteiger partial charge in [-0.1, -0.05) is 0 Å². The highest BCUT2D eigenvalue weighted by molar-refractivity contribution is 6.19. The number of fused-ring (bicyclic) bond motifs is 3.